The second kappa shape index (κ2) is 4.60. The minimum absolute atomic E-state index is 0.229. The topological polar surface area (TPSA) is 57.6 Å². The van der Waals surface area contributed by atoms with Crippen molar-refractivity contribution in [2.75, 3.05) is 0 Å². The first-order chi connectivity index (χ1) is 6.29. The second-order valence-electron chi connectivity index (χ2n) is 3.30. The van der Waals surface area contributed by atoms with Crippen molar-refractivity contribution in [1.82, 2.24) is 4.90 Å². The molecule has 0 saturated carbocycles. The largest absolute Gasteiger partial charge is 0.477 e. The number of hydrogen-bond donors (Lipinski definition) is 1. The molecule has 0 aromatic heterocycles. The Morgan fingerprint density at radius 1 is 1.29 bits per heavy atom. The minimum atomic E-state index is -1.20. The van der Waals surface area contributed by atoms with E-state index in [9.17, 15) is 9.59 Å². The number of nitrogens with zero attached hydrogens (tertiary/aromatic N) is 1. The zero-order chi connectivity index (χ0) is 11.5. The molecule has 0 radical (unpaired) electrons. The highest BCUT2D eigenvalue weighted by molar-refractivity contribution is 5.99. The fourth-order valence-electron chi connectivity index (χ4n) is 0.977. The van der Waals surface area contributed by atoms with Gasteiger partial charge in [-0.3, -0.25) is 4.79 Å². The van der Waals surface area contributed by atoms with Crippen LogP contribution in [0.5, 0.6) is 0 Å². The number of amides is 1. The quantitative estimate of drug-likeness (QED) is 0.693. The molecule has 0 unspecified atom stereocenters. The summed E-state index contributed by atoms with van der Waals surface area (Å²) in [5, 5.41) is 8.71. The van der Waals surface area contributed by atoms with Crippen LogP contribution in [-0.4, -0.2) is 27.9 Å². The van der Waals surface area contributed by atoms with Crippen molar-refractivity contribution in [3.8, 4) is 0 Å². The van der Waals surface area contributed by atoms with E-state index in [1.807, 2.05) is 0 Å². The van der Waals surface area contributed by atoms with Crippen molar-refractivity contribution in [2.24, 2.45) is 0 Å². The van der Waals surface area contributed by atoms with Gasteiger partial charge in [0, 0.05) is 11.6 Å². The highest BCUT2D eigenvalue weighted by Crippen LogP contribution is 2.11. The molecule has 0 saturated heterocycles. The predicted octanol–water partition coefficient (Wildman–Crippen LogP) is 1.40. The molecule has 78 valence electrons. The summed E-state index contributed by atoms with van der Waals surface area (Å²) in [6.07, 6.45) is 0. The van der Waals surface area contributed by atoms with Gasteiger partial charge in [0.25, 0.3) is 5.91 Å². The Bertz CT molecular complexity index is 266. The van der Waals surface area contributed by atoms with E-state index in [-0.39, 0.29) is 11.7 Å². The SMILES string of the molecule is C=C(C)C(=O)N(C(=C)C(=O)O)C(C)C. The molecule has 0 aliphatic rings. The summed E-state index contributed by atoms with van der Waals surface area (Å²) in [4.78, 5) is 23.3. The Labute approximate surface area is 83.5 Å². The van der Waals surface area contributed by atoms with Gasteiger partial charge in [0.2, 0.25) is 0 Å². The molecule has 0 heterocycles. The summed E-state index contributed by atoms with van der Waals surface area (Å²) in [7, 11) is 0. The van der Waals surface area contributed by atoms with Crippen LogP contribution in [0.15, 0.2) is 24.4 Å². The molecule has 0 rings (SSSR count). The van der Waals surface area contributed by atoms with Gasteiger partial charge < -0.3 is 10.0 Å². The molecule has 0 aromatic carbocycles. The van der Waals surface area contributed by atoms with Crippen LogP contribution in [0.2, 0.25) is 0 Å². The van der Waals surface area contributed by atoms with Crippen molar-refractivity contribution < 1.29 is 14.7 Å². The van der Waals surface area contributed by atoms with Crippen molar-refractivity contribution >= 4 is 11.9 Å². The maximum Gasteiger partial charge on any atom is 0.351 e. The lowest BCUT2D eigenvalue weighted by Gasteiger charge is -2.26. The van der Waals surface area contributed by atoms with Gasteiger partial charge in [-0.1, -0.05) is 13.2 Å². The van der Waals surface area contributed by atoms with Gasteiger partial charge in [0.15, 0.2) is 0 Å². The number of hydrogen-bond acceptors (Lipinski definition) is 2. The summed E-state index contributed by atoms with van der Waals surface area (Å²) >= 11 is 0. The first kappa shape index (κ1) is 12.4. The first-order valence-corrected chi connectivity index (χ1v) is 4.20. The molecule has 4 heteroatoms. The number of rotatable bonds is 4. The van der Waals surface area contributed by atoms with Crippen LogP contribution >= 0.6 is 0 Å². The molecule has 0 bridgehead atoms. The van der Waals surface area contributed by atoms with Gasteiger partial charge >= 0.3 is 5.97 Å². The van der Waals surface area contributed by atoms with Crippen LogP contribution in [-0.2, 0) is 9.59 Å². The first-order valence-electron chi connectivity index (χ1n) is 4.20. The lowest BCUT2D eigenvalue weighted by molar-refractivity contribution is -0.139. The van der Waals surface area contributed by atoms with Crippen molar-refractivity contribution in [3.63, 3.8) is 0 Å². The van der Waals surface area contributed by atoms with Gasteiger partial charge in [0.05, 0.1) is 0 Å². The second-order valence-corrected chi connectivity index (χ2v) is 3.30. The normalized spacial score (nSPS) is 9.71. The van der Waals surface area contributed by atoms with E-state index in [4.69, 9.17) is 5.11 Å². The van der Waals surface area contributed by atoms with Crippen LogP contribution in [0.25, 0.3) is 0 Å². The number of carboxylic acids is 1. The number of aliphatic carboxylic acids is 1. The average molecular weight is 197 g/mol. The molecule has 0 aliphatic carbocycles. The van der Waals surface area contributed by atoms with Gasteiger partial charge in [-0.15, -0.1) is 0 Å². The molecule has 0 fully saturated rings. The molecule has 4 nitrogen and oxygen atoms in total. The monoisotopic (exact) mass is 197 g/mol. The van der Waals surface area contributed by atoms with Gasteiger partial charge in [-0.2, -0.15) is 0 Å². The third kappa shape index (κ3) is 2.73. The lowest BCUT2D eigenvalue weighted by atomic mass is 10.2. The molecule has 0 spiro atoms. The van der Waals surface area contributed by atoms with Crippen LogP contribution in [0, 0.1) is 0 Å². The number of carbonyl (C=O) groups is 2. The van der Waals surface area contributed by atoms with E-state index in [0.717, 1.165) is 4.90 Å². The third-order valence-electron chi connectivity index (χ3n) is 1.64. The Morgan fingerprint density at radius 3 is 1.93 bits per heavy atom. The van der Waals surface area contributed by atoms with Gasteiger partial charge in [0.1, 0.15) is 5.70 Å². The predicted molar refractivity (Wildman–Crippen MR) is 53.6 cm³/mol. The van der Waals surface area contributed by atoms with Crippen LogP contribution < -0.4 is 0 Å². The molecule has 0 atom stereocenters. The summed E-state index contributed by atoms with van der Waals surface area (Å²) in [6.45, 7) is 11.8. The summed E-state index contributed by atoms with van der Waals surface area (Å²) in [5.41, 5.74) is 0.0640. The van der Waals surface area contributed by atoms with E-state index < -0.39 is 11.9 Å². The fourth-order valence-corrected chi connectivity index (χ4v) is 0.977. The average Bonchev–Trinajstić information content (AvgIpc) is 2.03. The number of carbonyl (C=O) groups excluding carboxylic acids is 1. The molecule has 14 heavy (non-hydrogen) atoms. The summed E-state index contributed by atoms with van der Waals surface area (Å²) in [6, 6.07) is -0.247. The van der Waals surface area contributed by atoms with Gasteiger partial charge in [-0.05, 0) is 20.8 Å². The van der Waals surface area contributed by atoms with Crippen molar-refractivity contribution in [1.29, 1.82) is 0 Å². The molecule has 1 N–H and O–H groups in total. The molecule has 0 aromatic rings. The van der Waals surface area contributed by atoms with Gasteiger partial charge in [-0.25, -0.2) is 4.79 Å². The number of carboxylic acid groups (broad SMARTS) is 1. The smallest absolute Gasteiger partial charge is 0.351 e. The van der Waals surface area contributed by atoms with E-state index in [2.05, 4.69) is 13.2 Å². The minimum Gasteiger partial charge on any atom is -0.477 e. The van der Waals surface area contributed by atoms with Crippen molar-refractivity contribution in [3.05, 3.63) is 24.4 Å². The van der Waals surface area contributed by atoms with Crippen LogP contribution in [0.1, 0.15) is 20.8 Å². The van der Waals surface area contributed by atoms with E-state index in [0.29, 0.717) is 5.57 Å². The highest BCUT2D eigenvalue weighted by atomic mass is 16.4. The Morgan fingerprint density at radius 2 is 1.71 bits per heavy atom. The molecular weight excluding hydrogens is 182 g/mol. The highest BCUT2D eigenvalue weighted by Gasteiger charge is 2.24. The third-order valence-corrected chi connectivity index (χ3v) is 1.64. The van der Waals surface area contributed by atoms with Crippen LogP contribution in [0.3, 0.4) is 0 Å². The standard InChI is InChI=1S/C10H15NO3/c1-6(2)9(12)11(7(3)4)8(5)10(13)14/h7H,1,5H2,2-4H3,(H,13,14). The zero-order valence-corrected chi connectivity index (χ0v) is 8.70. The van der Waals surface area contributed by atoms with E-state index >= 15 is 0 Å². The van der Waals surface area contributed by atoms with E-state index in [1.54, 1.807) is 13.8 Å². The van der Waals surface area contributed by atoms with Crippen molar-refractivity contribution in [2.45, 2.75) is 26.8 Å². The van der Waals surface area contributed by atoms with Crippen LogP contribution in [0.4, 0.5) is 0 Å². The fraction of sp³-hybridized carbons (Fsp3) is 0.400. The summed E-state index contributed by atoms with van der Waals surface area (Å²) < 4.78 is 0. The molecular formula is C10H15NO3. The van der Waals surface area contributed by atoms with E-state index in [1.165, 1.54) is 6.92 Å². The lowest BCUT2D eigenvalue weighted by Crippen LogP contribution is -2.38. The summed E-state index contributed by atoms with van der Waals surface area (Å²) in [5.74, 6) is -1.61. The Kier molecular flexibility index (Phi) is 4.08. The Balaban J connectivity index is 4.97. The molecule has 1 amide bonds. The Hall–Kier alpha value is -1.58. The zero-order valence-electron chi connectivity index (χ0n) is 8.70. The molecule has 0 aliphatic heterocycles. The maximum absolute atomic E-state index is 11.5. The maximum atomic E-state index is 11.5.